The lowest BCUT2D eigenvalue weighted by Crippen LogP contribution is -2.32. The van der Waals surface area contributed by atoms with E-state index >= 15 is 0 Å². The van der Waals surface area contributed by atoms with Gasteiger partial charge in [0.1, 0.15) is 5.75 Å². The molecule has 3 nitrogen and oxygen atoms in total. The third-order valence-electron chi connectivity index (χ3n) is 4.11. The van der Waals surface area contributed by atoms with Crippen LogP contribution in [0, 0.1) is 6.92 Å². The monoisotopic (exact) mass is 248 g/mol. The molecule has 1 N–H and O–H groups in total. The molecule has 1 aromatic rings. The van der Waals surface area contributed by atoms with E-state index in [9.17, 15) is 5.11 Å². The smallest absolute Gasteiger partial charge is 0.120 e. The molecule has 0 bridgehead atoms. The van der Waals surface area contributed by atoms with Crippen LogP contribution in [0.5, 0.6) is 5.75 Å². The van der Waals surface area contributed by atoms with Gasteiger partial charge in [0.05, 0.1) is 0 Å². The highest BCUT2D eigenvalue weighted by Gasteiger charge is 2.28. The lowest BCUT2D eigenvalue weighted by molar-refractivity contribution is 0.225. The molecule has 1 aromatic carbocycles. The summed E-state index contributed by atoms with van der Waals surface area (Å²) in [4.78, 5) is 4.75. The molecule has 2 atom stereocenters. The maximum Gasteiger partial charge on any atom is 0.120 e. The molecule has 0 aromatic heterocycles. The van der Waals surface area contributed by atoms with E-state index in [1.165, 1.54) is 12.0 Å². The van der Waals surface area contributed by atoms with Gasteiger partial charge in [0, 0.05) is 30.7 Å². The molecule has 1 heterocycles. The summed E-state index contributed by atoms with van der Waals surface area (Å²) in [5.74, 6) is 0.418. The van der Waals surface area contributed by atoms with Gasteiger partial charge >= 0.3 is 0 Å². The van der Waals surface area contributed by atoms with E-state index < -0.39 is 0 Å². The first kappa shape index (κ1) is 13.4. The molecule has 0 spiro atoms. The highest BCUT2D eigenvalue weighted by Crippen LogP contribution is 2.31. The first-order chi connectivity index (χ1) is 8.49. The van der Waals surface area contributed by atoms with Gasteiger partial charge in [-0.2, -0.15) is 0 Å². The number of rotatable bonds is 3. The summed E-state index contributed by atoms with van der Waals surface area (Å²) in [6.45, 7) is 6.45. The molecule has 0 aliphatic carbocycles. The van der Waals surface area contributed by atoms with Crippen LogP contribution in [0.2, 0.25) is 0 Å². The quantitative estimate of drug-likeness (QED) is 0.890. The number of phenolic OH excluding ortho intramolecular Hbond substituents is 1. The van der Waals surface area contributed by atoms with Gasteiger partial charge in [-0.15, -0.1) is 0 Å². The Morgan fingerprint density at radius 2 is 2.11 bits per heavy atom. The van der Waals surface area contributed by atoms with Crippen LogP contribution in [0.25, 0.3) is 0 Å². The molecular formula is C15H24N2O. The average Bonchev–Trinajstić information content (AvgIpc) is 2.81. The Kier molecular flexibility index (Phi) is 3.93. The first-order valence-electron chi connectivity index (χ1n) is 6.69. The summed E-state index contributed by atoms with van der Waals surface area (Å²) in [5.41, 5.74) is 2.26. The second-order valence-electron chi connectivity index (χ2n) is 5.64. The number of likely N-dealkylation sites (N-methyl/N-ethyl adjacent to an activating group) is 1. The van der Waals surface area contributed by atoms with Crippen molar-refractivity contribution in [3.8, 4) is 5.75 Å². The van der Waals surface area contributed by atoms with Crippen LogP contribution in [0.3, 0.4) is 0 Å². The zero-order valence-electron chi connectivity index (χ0n) is 11.8. The number of nitrogens with zero attached hydrogens (tertiary/aromatic N) is 2. The average molecular weight is 248 g/mol. The van der Waals surface area contributed by atoms with E-state index in [1.54, 1.807) is 6.07 Å². The van der Waals surface area contributed by atoms with Crippen molar-refractivity contribution < 1.29 is 5.11 Å². The van der Waals surface area contributed by atoms with E-state index in [0.717, 1.165) is 18.7 Å². The second-order valence-corrected chi connectivity index (χ2v) is 5.64. The highest BCUT2D eigenvalue weighted by molar-refractivity contribution is 5.37. The van der Waals surface area contributed by atoms with Crippen molar-refractivity contribution >= 4 is 0 Å². The van der Waals surface area contributed by atoms with Crippen molar-refractivity contribution in [2.75, 3.05) is 27.2 Å². The Morgan fingerprint density at radius 1 is 1.39 bits per heavy atom. The van der Waals surface area contributed by atoms with Crippen LogP contribution in [0.15, 0.2) is 18.2 Å². The van der Waals surface area contributed by atoms with Gasteiger partial charge in [-0.05, 0) is 40.4 Å². The summed E-state index contributed by atoms with van der Waals surface area (Å²) in [6, 6.07) is 6.79. The SMILES string of the molecule is Cc1ccc(O)c(C(C)N2CCC(N(C)C)C2)c1. The molecule has 0 saturated carbocycles. The number of benzene rings is 1. The fraction of sp³-hybridized carbons (Fsp3) is 0.600. The molecule has 100 valence electrons. The molecule has 2 rings (SSSR count). The van der Waals surface area contributed by atoms with Gasteiger partial charge in [-0.25, -0.2) is 0 Å². The lowest BCUT2D eigenvalue weighted by Gasteiger charge is -2.26. The fourth-order valence-electron chi connectivity index (χ4n) is 2.75. The summed E-state index contributed by atoms with van der Waals surface area (Å²) in [6.07, 6.45) is 1.21. The highest BCUT2D eigenvalue weighted by atomic mass is 16.3. The van der Waals surface area contributed by atoms with Crippen LogP contribution in [-0.2, 0) is 0 Å². The Labute approximate surface area is 110 Å². The minimum absolute atomic E-state index is 0.287. The molecular weight excluding hydrogens is 224 g/mol. The first-order valence-corrected chi connectivity index (χ1v) is 6.69. The van der Waals surface area contributed by atoms with E-state index in [4.69, 9.17) is 0 Å². The van der Waals surface area contributed by atoms with Crippen molar-refractivity contribution in [2.24, 2.45) is 0 Å². The standard InChI is InChI=1S/C15H24N2O/c1-11-5-6-15(18)14(9-11)12(2)17-8-7-13(10-17)16(3)4/h5-6,9,12-13,18H,7-8,10H2,1-4H3. The van der Waals surface area contributed by atoms with Crippen LogP contribution < -0.4 is 0 Å². The summed E-state index contributed by atoms with van der Waals surface area (Å²) in [5, 5.41) is 10.0. The molecule has 3 heteroatoms. The van der Waals surface area contributed by atoms with Gasteiger partial charge in [-0.3, -0.25) is 4.90 Å². The van der Waals surface area contributed by atoms with Gasteiger partial charge in [0.15, 0.2) is 0 Å². The molecule has 0 radical (unpaired) electrons. The predicted molar refractivity (Wildman–Crippen MR) is 74.9 cm³/mol. The van der Waals surface area contributed by atoms with Crippen molar-refractivity contribution in [1.82, 2.24) is 9.80 Å². The van der Waals surface area contributed by atoms with E-state index in [2.05, 4.69) is 43.8 Å². The number of likely N-dealkylation sites (tertiary alicyclic amines) is 1. The number of aromatic hydroxyl groups is 1. The van der Waals surface area contributed by atoms with E-state index in [-0.39, 0.29) is 6.04 Å². The van der Waals surface area contributed by atoms with Crippen molar-refractivity contribution in [3.63, 3.8) is 0 Å². The summed E-state index contributed by atoms with van der Waals surface area (Å²) < 4.78 is 0. The Balaban J connectivity index is 2.12. The minimum atomic E-state index is 0.287. The van der Waals surface area contributed by atoms with Crippen molar-refractivity contribution in [3.05, 3.63) is 29.3 Å². The number of hydrogen-bond acceptors (Lipinski definition) is 3. The number of hydrogen-bond donors (Lipinski definition) is 1. The topological polar surface area (TPSA) is 26.7 Å². The zero-order valence-corrected chi connectivity index (χ0v) is 11.8. The van der Waals surface area contributed by atoms with Crippen LogP contribution in [0.4, 0.5) is 0 Å². The lowest BCUT2D eigenvalue weighted by atomic mass is 10.0. The molecule has 0 amide bonds. The van der Waals surface area contributed by atoms with E-state index in [0.29, 0.717) is 11.8 Å². The van der Waals surface area contributed by atoms with Crippen molar-refractivity contribution in [1.29, 1.82) is 0 Å². The van der Waals surface area contributed by atoms with Crippen LogP contribution >= 0.6 is 0 Å². The normalized spacial score (nSPS) is 22.6. The fourth-order valence-corrected chi connectivity index (χ4v) is 2.75. The van der Waals surface area contributed by atoms with Crippen molar-refractivity contribution in [2.45, 2.75) is 32.4 Å². The van der Waals surface area contributed by atoms with Gasteiger partial charge < -0.3 is 10.0 Å². The molecule has 18 heavy (non-hydrogen) atoms. The number of phenols is 1. The molecule has 1 aliphatic rings. The summed E-state index contributed by atoms with van der Waals surface area (Å²) >= 11 is 0. The summed E-state index contributed by atoms with van der Waals surface area (Å²) in [7, 11) is 4.28. The Bertz CT molecular complexity index is 417. The van der Waals surface area contributed by atoms with E-state index in [1.807, 2.05) is 6.07 Å². The Hall–Kier alpha value is -1.06. The minimum Gasteiger partial charge on any atom is -0.508 e. The number of aryl methyl sites for hydroxylation is 1. The molecule has 2 unspecified atom stereocenters. The largest absolute Gasteiger partial charge is 0.508 e. The Morgan fingerprint density at radius 3 is 2.72 bits per heavy atom. The third kappa shape index (κ3) is 2.68. The second kappa shape index (κ2) is 5.29. The maximum absolute atomic E-state index is 10.0. The van der Waals surface area contributed by atoms with Gasteiger partial charge in [0.25, 0.3) is 0 Å². The van der Waals surface area contributed by atoms with Gasteiger partial charge in [-0.1, -0.05) is 17.7 Å². The maximum atomic E-state index is 10.0. The van der Waals surface area contributed by atoms with Crippen LogP contribution in [0.1, 0.15) is 30.5 Å². The predicted octanol–water partition coefficient (Wildman–Crippen LogP) is 2.40. The molecule has 1 saturated heterocycles. The zero-order chi connectivity index (χ0) is 13.3. The third-order valence-corrected chi connectivity index (χ3v) is 4.11. The molecule has 1 aliphatic heterocycles. The van der Waals surface area contributed by atoms with Crippen LogP contribution in [-0.4, -0.2) is 48.1 Å². The van der Waals surface area contributed by atoms with Gasteiger partial charge in [0.2, 0.25) is 0 Å². The molecule has 1 fully saturated rings.